The SMILES string of the molecule is COc1cccc(C(=O)N/N=C(\C)CC(=O)Nc2ccc(NC(C)=O)cc2)c1. The number of nitrogens with one attached hydrogen (secondary N) is 3. The number of hydrogen-bond donors (Lipinski definition) is 3. The Kier molecular flexibility index (Phi) is 7.27. The molecule has 3 N–H and O–H groups in total. The Morgan fingerprint density at radius 3 is 2.21 bits per heavy atom. The smallest absolute Gasteiger partial charge is 0.271 e. The average molecular weight is 382 g/mol. The highest BCUT2D eigenvalue weighted by Crippen LogP contribution is 2.14. The molecule has 0 heterocycles. The van der Waals surface area contributed by atoms with Gasteiger partial charge in [-0.3, -0.25) is 14.4 Å². The van der Waals surface area contributed by atoms with Crippen molar-refractivity contribution in [3.8, 4) is 5.75 Å². The summed E-state index contributed by atoms with van der Waals surface area (Å²) in [5.74, 6) is -0.270. The summed E-state index contributed by atoms with van der Waals surface area (Å²) in [4.78, 5) is 35.2. The van der Waals surface area contributed by atoms with Gasteiger partial charge >= 0.3 is 0 Å². The fraction of sp³-hybridized carbons (Fsp3) is 0.200. The van der Waals surface area contributed by atoms with Crippen molar-refractivity contribution in [3.63, 3.8) is 0 Å². The molecule has 0 unspecified atom stereocenters. The number of nitrogens with zero attached hydrogens (tertiary/aromatic N) is 1. The summed E-state index contributed by atoms with van der Waals surface area (Å²) in [6, 6.07) is 13.4. The van der Waals surface area contributed by atoms with Gasteiger partial charge < -0.3 is 15.4 Å². The van der Waals surface area contributed by atoms with Crippen LogP contribution in [0.2, 0.25) is 0 Å². The van der Waals surface area contributed by atoms with Crippen LogP contribution in [0.5, 0.6) is 5.75 Å². The number of amides is 3. The number of carbonyl (C=O) groups is 3. The van der Waals surface area contributed by atoms with Crippen LogP contribution in [-0.2, 0) is 9.59 Å². The van der Waals surface area contributed by atoms with Gasteiger partial charge in [-0.1, -0.05) is 6.07 Å². The summed E-state index contributed by atoms with van der Waals surface area (Å²) in [5, 5.41) is 9.33. The molecule has 0 radical (unpaired) electrons. The first-order chi connectivity index (χ1) is 13.4. The Morgan fingerprint density at radius 2 is 1.61 bits per heavy atom. The predicted molar refractivity (Wildman–Crippen MR) is 108 cm³/mol. The third-order valence-corrected chi connectivity index (χ3v) is 3.59. The summed E-state index contributed by atoms with van der Waals surface area (Å²) < 4.78 is 5.08. The van der Waals surface area contributed by atoms with Crippen LogP contribution in [0, 0.1) is 0 Å². The lowest BCUT2D eigenvalue weighted by Gasteiger charge is -2.07. The summed E-state index contributed by atoms with van der Waals surface area (Å²) in [6.07, 6.45) is 0.0197. The second-order valence-electron chi connectivity index (χ2n) is 6.00. The Hall–Kier alpha value is -3.68. The molecule has 28 heavy (non-hydrogen) atoms. The van der Waals surface area contributed by atoms with Crippen molar-refractivity contribution in [2.45, 2.75) is 20.3 Å². The first kappa shape index (κ1) is 20.6. The topological polar surface area (TPSA) is 109 Å². The first-order valence-electron chi connectivity index (χ1n) is 8.52. The van der Waals surface area contributed by atoms with E-state index in [1.807, 2.05) is 0 Å². The van der Waals surface area contributed by atoms with Gasteiger partial charge in [0.25, 0.3) is 5.91 Å². The van der Waals surface area contributed by atoms with Crippen LogP contribution in [-0.4, -0.2) is 30.5 Å². The van der Waals surface area contributed by atoms with Crippen molar-refractivity contribution in [2.24, 2.45) is 5.10 Å². The van der Waals surface area contributed by atoms with E-state index in [2.05, 4.69) is 21.2 Å². The summed E-state index contributed by atoms with van der Waals surface area (Å²) >= 11 is 0. The molecule has 0 aliphatic rings. The zero-order chi connectivity index (χ0) is 20.5. The first-order valence-corrected chi connectivity index (χ1v) is 8.52. The third kappa shape index (κ3) is 6.56. The Bertz CT molecular complexity index is 891. The van der Waals surface area contributed by atoms with Crippen molar-refractivity contribution in [1.29, 1.82) is 0 Å². The zero-order valence-electron chi connectivity index (χ0n) is 15.9. The van der Waals surface area contributed by atoms with Crippen LogP contribution in [0.4, 0.5) is 11.4 Å². The number of carbonyl (C=O) groups excluding carboxylic acids is 3. The molecule has 2 aromatic carbocycles. The molecule has 0 spiro atoms. The van der Waals surface area contributed by atoms with E-state index < -0.39 is 5.91 Å². The van der Waals surface area contributed by atoms with Crippen LogP contribution >= 0.6 is 0 Å². The lowest BCUT2D eigenvalue weighted by atomic mass is 10.2. The maximum absolute atomic E-state index is 12.1. The standard InChI is InChI=1S/C20H22N4O4/c1-13(23-24-20(27)15-5-4-6-18(12-15)28-3)11-19(26)22-17-9-7-16(8-10-17)21-14(2)25/h4-10,12H,11H2,1-3H3,(H,21,25)(H,22,26)(H,24,27)/b23-13+. The highest BCUT2D eigenvalue weighted by Gasteiger charge is 2.08. The van der Waals surface area contributed by atoms with E-state index in [4.69, 9.17) is 4.74 Å². The molecular weight excluding hydrogens is 360 g/mol. The maximum atomic E-state index is 12.1. The van der Waals surface area contributed by atoms with E-state index in [9.17, 15) is 14.4 Å². The van der Waals surface area contributed by atoms with Crippen LogP contribution in [0.25, 0.3) is 0 Å². The summed E-state index contributed by atoms with van der Waals surface area (Å²) in [6.45, 7) is 3.07. The number of hydrazone groups is 1. The number of benzene rings is 2. The van der Waals surface area contributed by atoms with Gasteiger partial charge in [-0.05, 0) is 49.4 Å². The normalized spacial score (nSPS) is 10.8. The van der Waals surface area contributed by atoms with Gasteiger partial charge in [-0.15, -0.1) is 0 Å². The molecular formula is C20H22N4O4. The molecule has 2 rings (SSSR count). The van der Waals surface area contributed by atoms with Crippen molar-refractivity contribution in [2.75, 3.05) is 17.7 Å². The third-order valence-electron chi connectivity index (χ3n) is 3.59. The van der Waals surface area contributed by atoms with Gasteiger partial charge in [-0.25, -0.2) is 5.43 Å². The lowest BCUT2D eigenvalue weighted by Crippen LogP contribution is -2.21. The molecule has 0 saturated heterocycles. The van der Waals surface area contributed by atoms with Crippen molar-refractivity contribution < 1.29 is 19.1 Å². The highest BCUT2D eigenvalue weighted by molar-refractivity contribution is 6.06. The van der Waals surface area contributed by atoms with E-state index in [0.29, 0.717) is 28.4 Å². The summed E-state index contributed by atoms with van der Waals surface area (Å²) in [5.41, 5.74) is 4.50. The largest absolute Gasteiger partial charge is 0.497 e. The number of anilines is 2. The Balaban J connectivity index is 1.87. The quantitative estimate of drug-likeness (QED) is 0.505. The number of hydrogen-bond acceptors (Lipinski definition) is 5. The van der Waals surface area contributed by atoms with Crippen LogP contribution < -0.4 is 20.8 Å². The summed E-state index contributed by atoms with van der Waals surface area (Å²) in [7, 11) is 1.52. The van der Waals surface area contributed by atoms with Gasteiger partial charge in [0.1, 0.15) is 5.75 Å². The van der Waals surface area contributed by atoms with Crippen LogP contribution in [0.1, 0.15) is 30.6 Å². The molecule has 0 atom stereocenters. The Morgan fingerprint density at radius 1 is 0.964 bits per heavy atom. The van der Waals surface area contributed by atoms with Gasteiger partial charge in [-0.2, -0.15) is 5.10 Å². The van der Waals surface area contributed by atoms with Crippen LogP contribution in [0.15, 0.2) is 53.6 Å². The lowest BCUT2D eigenvalue weighted by molar-refractivity contribution is -0.115. The van der Waals surface area contributed by atoms with E-state index >= 15 is 0 Å². The van der Waals surface area contributed by atoms with Gasteiger partial charge in [0.05, 0.1) is 13.5 Å². The van der Waals surface area contributed by atoms with E-state index in [0.717, 1.165) is 0 Å². The number of rotatable bonds is 7. The molecule has 8 nitrogen and oxygen atoms in total. The maximum Gasteiger partial charge on any atom is 0.271 e. The fourth-order valence-corrected chi connectivity index (χ4v) is 2.29. The zero-order valence-corrected chi connectivity index (χ0v) is 15.9. The Labute approximate surface area is 163 Å². The molecule has 0 saturated carbocycles. The number of ether oxygens (including phenoxy) is 1. The minimum atomic E-state index is -0.396. The van der Waals surface area contributed by atoms with E-state index in [1.54, 1.807) is 55.5 Å². The average Bonchev–Trinajstić information content (AvgIpc) is 2.67. The van der Waals surface area contributed by atoms with Gasteiger partial charge in [0.2, 0.25) is 11.8 Å². The molecule has 146 valence electrons. The van der Waals surface area contributed by atoms with Crippen LogP contribution in [0.3, 0.4) is 0 Å². The van der Waals surface area contributed by atoms with Crippen molar-refractivity contribution in [3.05, 3.63) is 54.1 Å². The molecule has 0 bridgehead atoms. The van der Waals surface area contributed by atoms with E-state index in [-0.39, 0.29) is 18.2 Å². The van der Waals surface area contributed by atoms with E-state index in [1.165, 1.54) is 14.0 Å². The van der Waals surface area contributed by atoms with Gasteiger partial charge in [0, 0.05) is 29.6 Å². The predicted octanol–water partition coefficient (Wildman–Crippen LogP) is 2.79. The molecule has 0 aliphatic heterocycles. The second kappa shape index (κ2) is 9.86. The fourth-order valence-electron chi connectivity index (χ4n) is 2.29. The molecule has 0 fully saturated rings. The highest BCUT2D eigenvalue weighted by atomic mass is 16.5. The van der Waals surface area contributed by atoms with Crippen molar-refractivity contribution >= 4 is 34.8 Å². The monoisotopic (exact) mass is 382 g/mol. The second-order valence-corrected chi connectivity index (χ2v) is 6.00. The minimum absolute atomic E-state index is 0.0197. The minimum Gasteiger partial charge on any atom is -0.497 e. The van der Waals surface area contributed by atoms with Crippen molar-refractivity contribution in [1.82, 2.24) is 5.43 Å². The molecule has 8 heteroatoms. The van der Waals surface area contributed by atoms with Gasteiger partial charge in [0.15, 0.2) is 0 Å². The molecule has 0 aromatic heterocycles. The number of methoxy groups -OCH3 is 1. The molecule has 0 aliphatic carbocycles. The molecule has 3 amide bonds. The molecule has 2 aromatic rings.